The molecule has 1 heterocycles. The number of ketones is 1. The summed E-state index contributed by atoms with van der Waals surface area (Å²) in [5.74, 6) is 0.819. The van der Waals surface area contributed by atoms with Gasteiger partial charge in [-0.1, -0.05) is 18.2 Å². The zero-order chi connectivity index (χ0) is 12.7. The van der Waals surface area contributed by atoms with Gasteiger partial charge in [-0.2, -0.15) is 0 Å². The van der Waals surface area contributed by atoms with E-state index in [1.54, 1.807) is 0 Å². The van der Waals surface area contributed by atoms with Crippen LogP contribution in [0.25, 0.3) is 0 Å². The predicted octanol–water partition coefficient (Wildman–Crippen LogP) is 3.74. The van der Waals surface area contributed by atoms with Gasteiger partial charge in [0.15, 0.2) is 5.78 Å². The summed E-state index contributed by atoms with van der Waals surface area (Å²) in [6.45, 7) is 3.92. The molecule has 0 atom stereocenters. The molecule has 0 radical (unpaired) electrons. The first-order valence-corrected chi connectivity index (χ1v) is 6.46. The van der Waals surface area contributed by atoms with Gasteiger partial charge in [0.25, 0.3) is 0 Å². The Bertz CT molecular complexity index is 586. The summed E-state index contributed by atoms with van der Waals surface area (Å²) >= 11 is 0. The van der Waals surface area contributed by atoms with Crippen LogP contribution >= 0.6 is 0 Å². The van der Waals surface area contributed by atoms with Gasteiger partial charge < -0.3 is 4.98 Å². The van der Waals surface area contributed by atoms with Crippen LogP contribution in [0.15, 0.2) is 30.5 Å². The average Bonchev–Trinajstić information content (AvgIpc) is 3.16. The minimum Gasteiger partial charge on any atom is -0.364 e. The molecule has 1 fully saturated rings. The van der Waals surface area contributed by atoms with Gasteiger partial charge in [-0.3, -0.25) is 4.79 Å². The van der Waals surface area contributed by atoms with Crippen molar-refractivity contribution in [1.29, 1.82) is 0 Å². The number of benzene rings is 1. The Labute approximate surface area is 107 Å². The molecule has 0 unspecified atom stereocenters. The molecule has 92 valence electrons. The Kier molecular flexibility index (Phi) is 2.58. The minimum atomic E-state index is 0.133. The first-order chi connectivity index (χ1) is 8.66. The zero-order valence-corrected chi connectivity index (χ0v) is 10.8. The number of H-pyrrole nitrogens is 1. The van der Waals surface area contributed by atoms with E-state index in [9.17, 15) is 4.79 Å². The lowest BCUT2D eigenvalue weighted by Gasteiger charge is -2.05. The first kappa shape index (κ1) is 11.3. The van der Waals surface area contributed by atoms with E-state index in [1.807, 2.05) is 32.2 Å². The van der Waals surface area contributed by atoms with Crippen molar-refractivity contribution in [2.75, 3.05) is 0 Å². The number of aromatic amines is 1. The predicted molar refractivity (Wildman–Crippen MR) is 72.1 cm³/mol. The normalized spacial score (nSPS) is 14.8. The second-order valence-electron chi connectivity index (χ2n) is 5.20. The highest BCUT2D eigenvalue weighted by atomic mass is 16.1. The Morgan fingerprint density at radius 2 is 2.06 bits per heavy atom. The van der Waals surface area contributed by atoms with Crippen LogP contribution in [-0.4, -0.2) is 10.8 Å². The van der Waals surface area contributed by atoms with Crippen molar-refractivity contribution < 1.29 is 4.79 Å². The van der Waals surface area contributed by atoms with E-state index in [1.165, 1.54) is 18.4 Å². The number of aryl methyl sites for hydroxylation is 2. The van der Waals surface area contributed by atoms with Crippen LogP contribution < -0.4 is 0 Å². The van der Waals surface area contributed by atoms with Crippen molar-refractivity contribution in [3.63, 3.8) is 0 Å². The van der Waals surface area contributed by atoms with E-state index in [0.29, 0.717) is 5.92 Å². The quantitative estimate of drug-likeness (QED) is 0.813. The van der Waals surface area contributed by atoms with Gasteiger partial charge in [0.05, 0.1) is 0 Å². The molecule has 0 aliphatic heterocycles. The molecule has 1 aromatic carbocycles. The van der Waals surface area contributed by atoms with Crippen molar-refractivity contribution in [2.24, 2.45) is 0 Å². The van der Waals surface area contributed by atoms with Crippen LogP contribution in [-0.2, 0) is 0 Å². The number of rotatable bonds is 3. The molecule has 0 saturated heterocycles. The van der Waals surface area contributed by atoms with Gasteiger partial charge in [-0.25, -0.2) is 0 Å². The summed E-state index contributed by atoms with van der Waals surface area (Å²) < 4.78 is 0. The Balaban J connectivity index is 1.99. The summed E-state index contributed by atoms with van der Waals surface area (Å²) in [6.07, 6.45) is 4.42. The average molecular weight is 239 g/mol. The van der Waals surface area contributed by atoms with Gasteiger partial charge in [-0.15, -0.1) is 0 Å². The maximum Gasteiger partial charge on any atom is 0.195 e. The summed E-state index contributed by atoms with van der Waals surface area (Å²) in [4.78, 5) is 15.6. The maximum atomic E-state index is 12.5. The fourth-order valence-electron chi connectivity index (χ4n) is 2.50. The highest BCUT2D eigenvalue weighted by molar-refractivity contribution is 6.10. The third kappa shape index (κ3) is 1.88. The molecule has 0 amide bonds. The molecule has 1 saturated carbocycles. The van der Waals surface area contributed by atoms with E-state index < -0.39 is 0 Å². The molecule has 2 nitrogen and oxygen atoms in total. The van der Waals surface area contributed by atoms with Crippen LogP contribution in [0.5, 0.6) is 0 Å². The monoisotopic (exact) mass is 239 g/mol. The number of carbonyl (C=O) groups is 1. The Morgan fingerprint density at radius 1 is 1.28 bits per heavy atom. The van der Waals surface area contributed by atoms with Gasteiger partial charge >= 0.3 is 0 Å². The molecule has 1 aliphatic rings. The molecular weight excluding hydrogens is 222 g/mol. The molecule has 1 aromatic heterocycles. The smallest absolute Gasteiger partial charge is 0.195 e. The van der Waals surface area contributed by atoms with Gasteiger partial charge in [0, 0.05) is 23.0 Å². The highest BCUT2D eigenvalue weighted by Crippen LogP contribution is 2.40. The van der Waals surface area contributed by atoms with Crippen LogP contribution in [0.3, 0.4) is 0 Å². The molecule has 18 heavy (non-hydrogen) atoms. The van der Waals surface area contributed by atoms with E-state index >= 15 is 0 Å². The van der Waals surface area contributed by atoms with Gasteiger partial charge in [-0.05, 0) is 49.8 Å². The fourth-order valence-corrected chi connectivity index (χ4v) is 2.50. The van der Waals surface area contributed by atoms with E-state index in [0.717, 1.165) is 22.4 Å². The Morgan fingerprint density at radius 3 is 2.67 bits per heavy atom. The number of carbonyl (C=O) groups excluding carboxylic acids is 1. The van der Waals surface area contributed by atoms with E-state index in [-0.39, 0.29) is 5.78 Å². The second kappa shape index (κ2) is 4.13. The van der Waals surface area contributed by atoms with Crippen molar-refractivity contribution in [2.45, 2.75) is 32.6 Å². The summed E-state index contributed by atoms with van der Waals surface area (Å²) in [5.41, 5.74) is 4.92. The molecular formula is C16H17NO. The third-order valence-corrected chi connectivity index (χ3v) is 3.70. The first-order valence-electron chi connectivity index (χ1n) is 6.46. The molecule has 3 rings (SSSR count). The summed E-state index contributed by atoms with van der Waals surface area (Å²) in [5, 5.41) is 0. The SMILES string of the molecule is Cc1c[nH]c(C)c1C(=O)c1cccc(C2CC2)c1. The number of hydrogen-bond acceptors (Lipinski definition) is 1. The maximum absolute atomic E-state index is 12.5. The van der Waals surface area contributed by atoms with Gasteiger partial charge in [0.2, 0.25) is 0 Å². The lowest BCUT2D eigenvalue weighted by atomic mass is 9.98. The number of hydrogen-bond donors (Lipinski definition) is 1. The van der Waals surface area contributed by atoms with Crippen molar-refractivity contribution in [3.8, 4) is 0 Å². The largest absolute Gasteiger partial charge is 0.364 e. The topological polar surface area (TPSA) is 32.9 Å². The number of nitrogens with one attached hydrogen (secondary N) is 1. The summed E-state index contributed by atoms with van der Waals surface area (Å²) in [6, 6.07) is 8.11. The second-order valence-corrected chi connectivity index (χ2v) is 5.20. The standard InChI is InChI=1S/C16H17NO/c1-10-9-17-11(2)15(10)16(18)14-5-3-4-13(8-14)12-6-7-12/h3-5,8-9,12,17H,6-7H2,1-2H3. The highest BCUT2D eigenvalue weighted by Gasteiger charge is 2.24. The van der Waals surface area contributed by atoms with Crippen molar-refractivity contribution in [3.05, 3.63) is 58.4 Å². The van der Waals surface area contributed by atoms with E-state index in [2.05, 4.69) is 17.1 Å². The van der Waals surface area contributed by atoms with Crippen LogP contribution in [0.2, 0.25) is 0 Å². The van der Waals surface area contributed by atoms with Crippen LogP contribution in [0.4, 0.5) is 0 Å². The summed E-state index contributed by atoms with van der Waals surface area (Å²) in [7, 11) is 0. The van der Waals surface area contributed by atoms with Crippen molar-refractivity contribution >= 4 is 5.78 Å². The van der Waals surface area contributed by atoms with Crippen LogP contribution in [0, 0.1) is 13.8 Å². The molecule has 1 aliphatic carbocycles. The van der Waals surface area contributed by atoms with E-state index in [4.69, 9.17) is 0 Å². The molecule has 2 heteroatoms. The molecule has 0 spiro atoms. The molecule has 2 aromatic rings. The molecule has 1 N–H and O–H groups in total. The molecule has 0 bridgehead atoms. The fraction of sp³-hybridized carbons (Fsp3) is 0.312. The zero-order valence-electron chi connectivity index (χ0n) is 10.8. The van der Waals surface area contributed by atoms with Crippen molar-refractivity contribution in [1.82, 2.24) is 4.98 Å². The minimum absolute atomic E-state index is 0.133. The number of aromatic nitrogens is 1. The van der Waals surface area contributed by atoms with Crippen LogP contribution in [0.1, 0.15) is 51.5 Å². The van der Waals surface area contributed by atoms with Gasteiger partial charge in [0.1, 0.15) is 0 Å². The lowest BCUT2D eigenvalue weighted by Crippen LogP contribution is -2.04. The lowest BCUT2D eigenvalue weighted by molar-refractivity contribution is 0.103. The Hall–Kier alpha value is -1.83. The third-order valence-electron chi connectivity index (χ3n) is 3.70.